The second-order valence-corrected chi connectivity index (χ2v) is 5.85. The molecule has 1 amide bonds. The van der Waals surface area contributed by atoms with Gasteiger partial charge < -0.3 is 15.7 Å². The molecular weight excluding hydrogens is 264 g/mol. The summed E-state index contributed by atoms with van der Waals surface area (Å²) in [7, 11) is 0. The van der Waals surface area contributed by atoms with Crippen molar-refractivity contribution in [3.63, 3.8) is 0 Å². The van der Waals surface area contributed by atoms with Gasteiger partial charge in [0.1, 0.15) is 0 Å². The molecule has 1 aromatic heterocycles. The summed E-state index contributed by atoms with van der Waals surface area (Å²) in [5.74, 6) is -1.04. The third kappa shape index (κ3) is 4.04. The van der Waals surface area contributed by atoms with Gasteiger partial charge in [-0.05, 0) is 30.7 Å². The topological polar surface area (TPSA) is 83.6 Å². The van der Waals surface area contributed by atoms with E-state index in [1.54, 1.807) is 16.2 Å². The lowest BCUT2D eigenvalue weighted by Crippen LogP contribution is -2.44. The van der Waals surface area contributed by atoms with E-state index in [1.807, 2.05) is 17.5 Å². The number of hydrogen-bond acceptors (Lipinski definition) is 4. The molecule has 1 fully saturated rings. The van der Waals surface area contributed by atoms with Crippen LogP contribution in [0.2, 0.25) is 0 Å². The zero-order chi connectivity index (χ0) is 13.8. The molecule has 5 nitrogen and oxygen atoms in total. The molecule has 0 aliphatic heterocycles. The van der Waals surface area contributed by atoms with Crippen molar-refractivity contribution in [2.75, 3.05) is 0 Å². The van der Waals surface area contributed by atoms with Gasteiger partial charge in [0, 0.05) is 17.3 Å². The van der Waals surface area contributed by atoms with E-state index in [0.29, 0.717) is 6.54 Å². The van der Waals surface area contributed by atoms with Gasteiger partial charge in [0.25, 0.3) is 0 Å². The standard InChI is InChI=1S/C13H18N2O3S/c14-11(5-6-12(16)17)13(18)15(9-3-4-9)8-10-2-1-7-19-10/h1-2,7,9,11H,3-6,8,14H2,(H,16,17). The maximum atomic E-state index is 12.3. The van der Waals surface area contributed by atoms with Gasteiger partial charge in [-0.25, -0.2) is 0 Å². The van der Waals surface area contributed by atoms with E-state index in [1.165, 1.54) is 0 Å². The van der Waals surface area contributed by atoms with Crippen LogP contribution < -0.4 is 5.73 Å². The molecule has 1 heterocycles. The summed E-state index contributed by atoms with van der Waals surface area (Å²) >= 11 is 1.61. The van der Waals surface area contributed by atoms with Gasteiger partial charge >= 0.3 is 5.97 Å². The van der Waals surface area contributed by atoms with Crippen LogP contribution in [0.5, 0.6) is 0 Å². The molecule has 1 atom stereocenters. The lowest BCUT2D eigenvalue weighted by atomic mass is 10.1. The molecule has 104 valence electrons. The Bertz CT molecular complexity index is 443. The molecule has 0 bridgehead atoms. The fourth-order valence-electron chi connectivity index (χ4n) is 1.96. The van der Waals surface area contributed by atoms with E-state index in [2.05, 4.69) is 0 Å². The molecule has 19 heavy (non-hydrogen) atoms. The number of amides is 1. The predicted molar refractivity (Wildman–Crippen MR) is 72.7 cm³/mol. The number of nitrogens with two attached hydrogens (primary N) is 1. The molecule has 0 radical (unpaired) electrons. The van der Waals surface area contributed by atoms with Crippen LogP contribution in [0.3, 0.4) is 0 Å². The van der Waals surface area contributed by atoms with Crippen molar-refractivity contribution < 1.29 is 14.7 Å². The van der Waals surface area contributed by atoms with E-state index < -0.39 is 12.0 Å². The molecule has 6 heteroatoms. The molecule has 1 aliphatic carbocycles. The third-order valence-corrected chi connectivity index (χ3v) is 4.02. The summed E-state index contributed by atoms with van der Waals surface area (Å²) in [6, 6.07) is 3.53. The number of carboxylic acids is 1. The Morgan fingerprint density at radius 1 is 1.53 bits per heavy atom. The Labute approximate surface area is 116 Å². The van der Waals surface area contributed by atoms with Crippen molar-refractivity contribution in [3.8, 4) is 0 Å². The van der Waals surface area contributed by atoms with Gasteiger partial charge in [-0.3, -0.25) is 9.59 Å². The first-order valence-electron chi connectivity index (χ1n) is 6.38. The summed E-state index contributed by atoms with van der Waals surface area (Å²) < 4.78 is 0. The van der Waals surface area contributed by atoms with E-state index in [9.17, 15) is 9.59 Å². The van der Waals surface area contributed by atoms with E-state index in [4.69, 9.17) is 10.8 Å². The molecule has 1 unspecified atom stereocenters. The minimum atomic E-state index is -0.917. The van der Waals surface area contributed by atoms with Crippen LogP contribution in [0, 0.1) is 0 Å². The maximum absolute atomic E-state index is 12.3. The molecule has 0 spiro atoms. The molecule has 1 saturated carbocycles. The summed E-state index contributed by atoms with van der Waals surface area (Å²) in [4.78, 5) is 25.7. The Kier molecular flexibility index (Phi) is 4.55. The summed E-state index contributed by atoms with van der Waals surface area (Å²) in [5.41, 5.74) is 5.81. The lowest BCUT2D eigenvalue weighted by Gasteiger charge is -2.25. The SMILES string of the molecule is NC(CCC(=O)O)C(=O)N(Cc1cccs1)C1CC1. The zero-order valence-corrected chi connectivity index (χ0v) is 11.4. The third-order valence-electron chi connectivity index (χ3n) is 3.16. The molecule has 1 aromatic rings. The number of thiophene rings is 1. The first kappa shape index (κ1) is 14.0. The van der Waals surface area contributed by atoms with Gasteiger partial charge in [0.2, 0.25) is 5.91 Å². The van der Waals surface area contributed by atoms with Crippen LogP contribution in [0.4, 0.5) is 0 Å². The largest absolute Gasteiger partial charge is 0.481 e. The van der Waals surface area contributed by atoms with Crippen LogP contribution in [-0.4, -0.2) is 34.0 Å². The number of carboxylic acid groups (broad SMARTS) is 1. The smallest absolute Gasteiger partial charge is 0.303 e. The minimum Gasteiger partial charge on any atom is -0.481 e. The van der Waals surface area contributed by atoms with Crippen LogP contribution in [0.1, 0.15) is 30.6 Å². The monoisotopic (exact) mass is 282 g/mol. The van der Waals surface area contributed by atoms with E-state index in [-0.39, 0.29) is 24.8 Å². The highest BCUT2D eigenvalue weighted by Gasteiger charge is 2.34. The van der Waals surface area contributed by atoms with Crippen molar-refractivity contribution in [3.05, 3.63) is 22.4 Å². The molecular formula is C13H18N2O3S. The highest BCUT2D eigenvalue weighted by Crippen LogP contribution is 2.29. The molecule has 1 aliphatic rings. The molecule has 0 saturated heterocycles. The Balaban J connectivity index is 1.94. The fourth-order valence-corrected chi connectivity index (χ4v) is 2.66. The first-order valence-corrected chi connectivity index (χ1v) is 7.26. The lowest BCUT2D eigenvalue weighted by molar-refractivity contribution is -0.138. The molecule has 2 rings (SSSR count). The summed E-state index contributed by atoms with van der Waals surface area (Å²) in [6.07, 6.45) is 2.16. The average molecular weight is 282 g/mol. The second-order valence-electron chi connectivity index (χ2n) is 4.82. The van der Waals surface area contributed by atoms with Gasteiger partial charge in [-0.1, -0.05) is 6.07 Å². The second kappa shape index (κ2) is 6.16. The van der Waals surface area contributed by atoms with Crippen molar-refractivity contribution >= 4 is 23.2 Å². The van der Waals surface area contributed by atoms with Gasteiger partial charge in [-0.15, -0.1) is 11.3 Å². The Morgan fingerprint density at radius 3 is 2.79 bits per heavy atom. The minimum absolute atomic E-state index is 0.0651. The average Bonchev–Trinajstić information content (AvgIpc) is 3.09. The number of nitrogens with zero attached hydrogens (tertiary/aromatic N) is 1. The molecule has 3 N–H and O–H groups in total. The van der Waals surface area contributed by atoms with Crippen LogP contribution >= 0.6 is 11.3 Å². The number of carbonyl (C=O) groups is 2. The quantitative estimate of drug-likeness (QED) is 0.792. The summed E-state index contributed by atoms with van der Waals surface area (Å²) in [6.45, 7) is 0.585. The first-order chi connectivity index (χ1) is 9.08. The normalized spacial score (nSPS) is 16.1. The number of rotatable bonds is 7. The molecule has 0 aromatic carbocycles. The van der Waals surface area contributed by atoms with Crippen LogP contribution in [-0.2, 0) is 16.1 Å². The van der Waals surface area contributed by atoms with E-state index >= 15 is 0 Å². The zero-order valence-electron chi connectivity index (χ0n) is 10.6. The highest BCUT2D eigenvalue weighted by atomic mass is 32.1. The van der Waals surface area contributed by atoms with Gasteiger partial charge in [-0.2, -0.15) is 0 Å². The highest BCUT2D eigenvalue weighted by molar-refractivity contribution is 7.09. The Hall–Kier alpha value is -1.40. The fraction of sp³-hybridized carbons (Fsp3) is 0.538. The summed E-state index contributed by atoms with van der Waals surface area (Å²) in [5, 5.41) is 10.6. The van der Waals surface area contributed by atoms with E-state index in [0.717, 1.165) is 17.7 Å². The van der Waals surface area contributed by atoms with Crippen LogP contribution in [0.25, 0.3) is 0 Å². The van der Waals surface area contributed by atoms with Crippen LogP contribution in [0.15, 0.2) is 17.5 Å². The van der Waals surface area contributed by atoms with Crippen molar-refractivity contribution in [2.24, 2.45) is 5.73 Å². The van der Waals surface area contributed by atoms with Gasteiger partial charge in [0.05, 0.1) is 12.6 Å². The van der Waals surface area contributed by atoms with Crippen molar-refractivity contribution in [2.45, 2.75) is 44.3 Å². The number of carbonyl (C=O) groups excluding carboxylic acids is 1. The Morgan fingerprint density at radius 2 is 2.26 bits per heavy atom. The maximum Gasteiger partial charge on any atom is 0.303 e. The van der Waals surface area contributed by atoms with Crippen molar-refractivity contribution in [1.82, 2.24) is 4.90 Å². The number of hydrogen-bond donors (Lipinski definition) is 2. The van der Waals surface area contributed by atoms with Crippen molar-refractivity contribution in [1.29, 1.82) is 0 Å². The predicted octanol–water partition coefficient (Wildman–Crippen LogP) is 1.43. The van der Waals surface area contributed by atoms with Gasteiger partial charge in [0.15, 0.2) is 0 Å². The number of aliphatic carboxylic acids is 1.